The van der Waals surface area contributed by atoms with Crippen molar-refractivity contribution >= 4 is 11.3 Å². The van der Waals surface area contributed by atoms with Crippen LogP contribution in [0.2, 0.25) is 0 Å². The van der Waals surface area contributed by atoms with Gasteiger partial charge in [-0.25, -0.2) is 0 Å². The summed E-state index contributed by atoms with van der Waals surface area (Å²) in [4.78, 5) is 9.43. The van der Waals surface area contributed by atoms with E-state index in [1.165, 1.54) is 26.7 Å². The molecule has 114 valence electrons. The van der Waals surface area contributed by atoms with Crippen LogP contribution >= 0.6 is 11.3 Å². The van der Waals surface area contributed by atoms with Crippen molar-refractivity contribution in [3.8, 4) is 0 Å². The van der Waals surface area contributed by atoms with Gasteiger partial charge in [0.15, 0.2) is 0 Å². The van der Waals surface area contributed by atoms with E-state index in [9.17, 15) is 0 Å². The Morgan fingerprint density at radius 2 is 1.61 bits per heavy atom. The van der Waals surface area contributed by atoms with E-state index in [1.54, 1.807) is 0 Å². The van der Waals surface area contributed by atoms with Gasteiger partial charge >= 0.3 is 0 Å². The summed E-state index contributed by atoms with van der Waals surface area (Å²) in [6, 6.07) is 23.6. The number of nitrogens with one attached hydrogen (secondary N) is 2. The second kappa shape index (κ2) is 6.31. The zero-order valence-corrected chi connectivity index (χ0v) is 13.5. The predicted molar refractivity (Wildman–Crippen MR) is 96.1 cm³/mol. The Morgan fingerprint density at radius 1 is 0.783 bits per heavy atom. The highest BCUT2D eigenvalue weighted by molar-refractivity contribution is 7.12. The van der Waals surface area contributed by atoms with Gasteiger partial charge in [0, 0.05) is 40.0 Å². The van der Waals surface area contributed by atoms with E-state index < -0.39 is 0 Å². The highest BCUT2D eigenvalue weighted by atomic mass is 32.1. The molecule has 2 nitrogen and oxygen atoms in total. The summed E-state index contributed by atoms with van der Waals surface area (Å²) in [6.45, 7) is 0. The van der Waals surface area contributed by atoms with Crippen LogP contribution in [0, 0.1) is 0 Å². The number of rotatable bonds is 5. The van der Waals surface area contributed by atoms with Crippen molar-refractivity contribution in [3.63, 3.8) is 0 Å². The molecule has 2 N–H and O–H groups in total. The number of aromatic amines is 2. The van der Waals surface area contributed by atoms with E-state index in [2.05, 4.69) is 76.7 Å². The molecule has 0 saturated carbocycles. The number of hydrogen-bond acceptors (Lipinski definition) is 1. The Kier molecular flexibility index (Phi) is 3.86. The molecule has 23 heavy (non-hydrogen) atoms. The van der Waals surface area contributed by atoms with Gasteiger partial charge in [0.2, 0.25) is 0 Å². The minimum Gasteiger partial charge on any atom is -0.365 e. The lowest BCUT2D eigenvalue weighted by atomic mass is 9.94. The summed E-state index contributed by atoms with van der Waals surface area (Å²) < 4.78 is 0. The molecule has 1 atom stereocenters. The number of hydrogen-bond donors (Lipinski definition) is 2. The number of aromatic nitrogens is 2. The van der Waals surface area contributed by atoms with Crippen LogP contribution in [0.4, 0.5) is 0 Å². The molecular formula is C20H18N2S. The average molecular weight is 318 g/mol. The first-order chi connectivity index (χ1) is 11.4. The summed E-state index contributed by atoms with van der Waals surface area (Å²) in [7, 11) is 0. The minimum absolute atomic E-state index is 0.272. The standard InChI is InChI=1S/C20H18N2S/c1-2-6-15(7-3-1)20(18-9-5-13-22-18)19-11-10-17(23-19)14-16-8-4-12-21-16/h1-13,20-22H,14H2. The fraction of sp³-hybridized carbons (Fsp3) is 0.100. The maximum Gasteiger partial charge on any atom is 0.0584 e. The molecule has 4 aromatic rings. The lowest BCUT2D eigenvalue weighted by Gasteiger charge is -2.14. The number of thiophene rings is 1. The van der Waals surface area contributed by atoms with E-state index in [0.29, 0.717) is 0 Å². The van der Waals surface area contributed by atoms with E-state index in [4.69, 9.17) is 0 Å². The summed E-state index contributed by atoms with van der Waals surface area (Å²) in [5.41, 5.74) is 3.82. The molecule has 1 unspecified atom stereocenters. The molecule has 4 rings (SSSR count). The predicted octanol–water partition coefficient (Wildman–Crippen LogP) is 5.18. The van der Waals surface area contributed by atoms with Crippen LogP contribution in [0.25, 0.3) is 0 Å². The molecule has 0 spiro atoms. The largest absolute Gasteiger partial charge is 0.365 e. The van der Waals surface area contributed by atoms with Gasteiger partial charge in [-0.1, -0.05) is 30.3 Å². The Morgan fingerprint density at radius 3 is 2.35 bits per heavy atom. The molecule has 1 aromatic carbocycles. The van der Waals surface area contributed by atoms with Gasteiger partial charge in [-0.15, -0.1) is 11.3 Å². The fourth-order valence-electron chi connectivity index (χ4n) is 2.98. The van der Waals surface area contributed by atoms with Gasteiger partial charge in [0.1, 0.15) is 0 Å². The molecule has 0 aliphatic heterocycles. The first kappa shape index (κ1) is 14.1. The normalized spacial score (nSPS) is 12.3. The van der Waals surface area contributed by atoms with Gasteiger partial charge in [-0.05, 0) is 42.0 Å². The van der Waals surface area contributed by atoms with Crippen molar-refractivity contribution in [3.05, 3.63) is 106 Å². The first-order valence-corrected chi connectivity index (χ1v) is 8.61. The fourth-order valence-corrected chi connectivity index (χ4v) is 4.16. The lowest BCUT2D eigenvalue weighted by Crippen LogP contribution is -2.01. The third-order valence-corrected chi connectivity index (χ3v) is 5.21. The third-order valence-electron chi connectivity index (χ3n) is 4.06. The van der Waals surface area contributed by atoms with Crippen molar-refractivity contribution in [1.82, 2.24) is 9.97 Å². The Balaban J connectivity index is 1.69. The van der Waals surface area contributed by atoms with Crippen LogP contribution in [0.3, 0.4) is 0 Å². The summed E-state index contributed by atoms with van der Waals surface area (Å²) >= 11 is 1.89. The number of H-pyrrole nitrogens is 2. The van der Waals surface area contributed by atoms with Crippen molar-refractivity contribution in [2.24, 2.45) is 0 Å². The molecule has 3 heterocycles. The maximum atomic E-state index is 3.39. The van der Waals surface area contributed by atoms with E-state index in [0.717, 1.165) is 6.42 Å². The van der Waals surface area contributed by atoms with Crippen molar-refractivity contribution < 1.29 is 0 Å². The molecule has 3 aromatic heterocycles. The van der Waals surface area contributed by atoms with Crippen LogP contribution in [-0.2, 0) is 6.42 Å². The molecule has 0 fully saturated rings. The second-order valence-corrected chi connectivity index (χ2v) is 6.85. The van der Waals surface area contributed by atoms with E-state index in [-0.39, 0.29) is 5.92 Å². The monoisotopic (exact) mass is 318 g/mol. The Hall–Kier alpha value is -2.52. The molecule has 0 aliphatic rings. The highest BCUT2D eigenvalue weighted by Crippen LogP contribution is 2.35. The quantitative estimate of drug-likeness (QED) is 0.508. The van der Waals surface area contributed by atoms with Crippen molar-refractivity contribution in [2.75, 3.05) is 0 Å². The van der Waals surface area contributed by atoms with Crippen LogP contribution in [-0.4, -0.2) is 9.97 Å². The smallest absolute Gasteiger partial charge is 0.0584 e. The molecular weight excluding hydrogens is 300 g/mol. The SMILES string of the molecule is c1ccc(C(c2ccc[nH]2)c2ccc(Cc3ccc[nH]3)s2)cc1. The van der Waals surface area contributed by atoms with Crippen LogP contribution in [0.1, 0.15) is 32.6 Å². The molecule has 0 radical (unpaired) electrons. The summed E-state index contributed by atoms with van der Waals surface area (Å²) in [6.07, 6.45) is 4.94. The minimum atomic E-state index is 0.272. The lowest BCUT2D eigenvalue weighted by molar-refractivity contribution is 0.956. The zero-order chi connectivity index (χ0) is 15.5. The maximum absolute atomic E-state index is 3.39. The van der Waals surface area contributed by atoms with Gasteiger partial charge in [-0.3, -0.25) is 0 Å². The van der Waals surface area contributed by atoms with Crippen molar-refractivity contribution in [1.29, 1.82) is 0 Å². The van der Waals surface area contributed by atoms with Crippen LogP contribution in [0.15, 0.2) is 79.1 Å². The van der Waals surface area contributed by atoms with Crippen LogP contribution in [0.5, 0.6) is 0 Å². The number of benzene rings is 1. The molecule has 0 saturated heterocycles. The van der Waals surface area contributed by atoms with Gasteiger partial charge < -0.3 is 9.97 Å². The van der Waals surface area contributed by atoms with Gasteiger partial charge in [-0.2, -0.15) is 0 Å². The molecule has 0 aliphatic carbocycles. The Labute approximate surface area is 139 Å². The molecule has 3 heteroatoms. The third kappa shape index (κ3) is 3.01. The van der Waals surface area contributed by atoms with Crippen LogP contribution < -0.4 is 0 Å². The Bertz CT molecular complexity index is 842. The van der Waals surface area contributed by atoms with Gasteiger partial charge in [0.25, 0.3) is 0 Å². The van der Waals surface area contributed by atoms with E-state index in [1.807, 2.05) is 23.7 Å². The van der Waals surface area contributed by atoms with E-state index >= 15 is 0 Å². The topological polar surface area (TPSA) is 31.6 Å². The zero-order valence-electron chi connectivity index (χ0n) is 12.7. The summed E-state index contributed by atoms with van der Waals surface area (Å²) in [5.74, 6) is 0.272. The van der Waals surface area contributed by atoms with Gasteiger partial charge in [0.05, 0.1) is 5.92 Å². The first-order valence-electron chi connectivity index (χ1n) is 7.79. The second-order valence-electron chi connectivity index (χ2n) is 5.65. The highest BCUT2D eigenvalue weighted by Gasteiger charge is 2.19. The molecule has 0 bridgehead atoms. The summed E-state index contributed by atoms with van der Waals surface area (Å²) in [5, 5.41) is 0. The van der Waals surface area contributed by atoms with Crippen molar-refractivity contribution in [2.45, 2.75) is 12.3 Å². The average Bonchev–Trinajstić information content (AvgIpc) is 3.33. The molecule has 0 amide bonds.